The highest BCUT2D eigenvalue weighted by atomic mass is 32.1. The minimum absolute atomic E-state index is 0.868. The fourth-order valence-corrected chi connectivity index (χ4v) is 1.77. The molecule has 0 saturated heterocycles. The third kappa shape index (κ3) is 3.00. The number of nitrogens with zero attached hydrogens (tertiary/aromatic N) is 1. The monoisotopic (exact) mass is 236 g/mol. The van der Waals surface area contributed by atoms with Gasteiger partial charge in [0.2, 0.25) is 0 Å². The standard InChI is InChI=1S/C12H16N2OS/c16-7-1-5-13-6-4-10-2-3-11-12(8-10)15-9-14-11/h2-3,8-9,13,16H,1,4-7H2. The molecule has 16 heavy (non-hydrogen) atoms. The zero-order valence-corrected chi connectivity index (χ0v) is 10.0. The van der Waals surface area contributed by atoms with Crippen molar-refractivity contribution in [2.75, 3.05) is 18.8 Å². The van der Waals surface area contributed by atoms with Crippen LogP contribution in [-0.2, 0) is 6.42 Å². The molecule has 86 valence electrons. The van der Waals surface area contributed by atoms with Crippen molar-refractivity contribution in [3.63, 3.8) is 0 Å². The molecule has 0 aliphatic heterocycles. The van der Waals surface area contributed by atoms with Crippen molar-refractivity contribution in [1.82, 2.24) is 10.3 Å². The van der Waals surface area contributed by atoms with Crippen LogP contribution < -0.4 is 5.32 Å². The molecule has 0 bridgehead atoms. The summed E-state index contributed by atoms with van der Waals surface area (Å²) in [6, 6.07) is 6.16. The molecule has 0 aliphatic rings. The first-order chi connectivity index (χ1) is 7.90. The van der Waals surface area contributed by atoms with E-state index in [4.69, 9.17) is 4.42 Å². The molecule has 1 heterocycles. The second-order valence-corrected chi connectivity index (χ2v) is 4.18. The summed E-state index contributed by atoms with van der Waals surface area (Å²) >= 11 is 4.17. The van der Waals surface area contributed by atoms with Crippen LogP contribution in [0.4, 0.5) is 0 Å². The molecular formula is C12H16N2OS. The largest absolute Gasteiger partial charge is 0.443 e. The van der Waals surface area contributed by atoms with E-state index in [1.165, 1.54) is 12.0 Å². The Bertz CT molecular complexity index is 441. The van der Waals surface area contributed by atoms with Gasteiger partial charge in [0.1, 0.15) is 5.52 Å². The molecule has 0 radical (unpaired) electrons. The Labute approximate surface area is 101 Å². The molecule has 0 atom stereocenters. The van der Waals surface area contributed by atoms with Crippen LogP contribution in [0.1, 0.15) is 12.0 Å². The van der Waals surface area contributed by atoms with E-state index in [2.05, 4.69) is 35.1 Å². The van der Waals surface area contributed by atoms with Gasteiger partial charge >= 0.3 is 0 Å². The third-order valence-corrected chi connectivity index (χ3v) is 2.81. The maximum atomic E-state index is 5.26. The lowest BCUT2D eigenvalue weighted by Gasteiger charge is -2.03. The Kier molecular flexibility index (Phi) is 4.25. The van der Waals surface area contributed by atoms with Gasteiger partial charge in [-0.25, -0.2) is 4.98 Å². The van der Waals surface area contributed by atoms with Gasteiger partial charge in [-0.15, -0.1) is 0 Å². The number of benzene rings is 1. The second-order valence-electron chi connectivity index (χ2n) is 3.73. The van der Waals surface area contributed by atoms with Crippen molar-refractivity contribution in [3.8, 4) is 0 Å². The first kappa shape index (κ1) is 11.5. The lowest BCUT2D eigenvalue weighted by atomic mass is 10.1. The average molecular weight is 236 g/mol. The van der Waals surface area contributed by atoms with Crippen molar-refractivity contribution in [1.29, 1.82) is 0 Å². The predicted molar refractivity (Wildman–Crippen MR) is 69.1 cm³/mol. The number of thiol groups is 1. The molecule has 2 rings (SSSR count). The Morgan fingerprint density at radius 2 is 2.25 bits per heavy atom. The van der Waals surface area contributed by atoms with E-state index >= 15 is 0 Å². The molecule has 0 amide bonds. The summed E-state index contributed by atoms with van der Waals surface area (Å²) in [5.41, 5.74) is 3.07. The molecule has 0 unspecified atom stereocenters. The molecule has 4 heteroatoms. The first-order valence-electron chi connectivity index (χ1n) is 5.54. The van der Waals surface area contributed by atoms with Crippen LogP contribution in [0.5, 0.6) is 0 Å². The van der Waals surface area contributed by atoms with Gasteiger partial charge in [0.25, 0.3) is 0 Å². The summed E-state index contributed by atoms with van der Waals surface area (Å²) < 4.78 is 5.26. The molecule has 0 spiro atoms. The molecule has 1 N–H and O–H groups in total. The Balaban J connectivity index is 1.84. The topological polar surface area (TPSA) is 38.1 Å². The SMILES string of the molecule is SCCCNCCc1ccc2ncoc2c1. The minimum atomic E-state index is 0.868. The van der Waals surface area contributed by atoms with E-state index in [1.807, 2.05) is 6.07 Å². The minimum Gasteiger partial charge on any atom is -0.443 e. The molecule has 1 aromatic heterocycles. The zero-order chi connectivity index (χ0) is 11.2. The smallest absolute Gasteiger partial charge is 0.181 e. The number of nitrogens with one attached hydrogen (secondary N) is 1. The van der Waals surface area contributed by atoms with Crippen LogP contribution >= 0.6 is 12.6 Å². The van der Waals surface area contributed by atoms with Crippen molar-refractivity contribution in [2.45, 2.75) is 12.8 Å². The molecular weight excluding hydrogens is 220 g/mol. The van der Waals surface area contributed by atoms with Crippen molar-refractivity contribution < 1.29 is 4.42 Å². The lowest BCUT2D eigenvalue weighted by Crippen LogP contribution is -2.18. The van der Waals surface area contributed by atoms with E-state index < -0.39 is 0 Å². The van der Waals surface area contributed by atoms with Crippen LogP contribution in [-0.4, -0.2) is 23.8 Å². The Hall–Kier alpha value is -1.00. The van der Waals surface area contributed by atoms with Crippen LogP contribution in [0.3, 0.4) is 0 Å². The molecule has 0 aliphatic carbocycles. The maximum absolute atomic E-state index is 5.26. The van der Waals surface area contributed by atoms with Gasteiger partial charge in [-0.1, -0.05) is 6.07 Å². The van der Waals surface area contributed by atoms with E-state index in [9.17, 15) is 0 Å². The van der Waals surface area contributed by atoms with E-state index in [0.29, 0.717) is 0 Å². The van der Waals surface area contributed by atoms with Crippen molar-refractivity contribution >= 4 is 23.7 Å². The average Bonchev–Trinajstić information content (AvgIpc) is 2.76. The quantitative estimate of drug-likeness (QED) is 0.597. The van der Waals surface area contributed by atoms with Crippen LogP contribution in [0, 0.1) is 0 Å². The maximum Gasteiger partial charge on any atom is 0.181 e. The molecule has 1 aromatic carbocycles. The van der Waals surface area contributed by atoms with Gasteiger partial charge in [-0.05, 0) is 49.4 Å². The van der Waals surface area contributed by atoms with Crippen LogP contribution in [0.15, 0.2) is 29.0 Å². The summed E-state index contributed by atoms with van der Waals surface area (Å²) in [6.07, 6.45) is 3.62. The number of aromatic nitrogens is 1. The molecule has 0 fully saturated rings. The number of hydrogen-bond donors (Lipinski definition) is 2. The first-order valence-corrected chi connectivity index (χ1v) is 6.17. The van der Waals surface area contributed by atoms with E-state index in [0.717, 1.165) is 42.8 Å². The van der Waals surface area contributed by atoms with E-state index in [-0.39, 0.29) is 0 Å². The summed E-state index contributed by atoms with van der Waals surface area (Å²) in [5, 5.41) is 3.38. The summed E-state index contributed by atoms with van der Waals surface area (Å²) in [7, 11) is 0. The lowest BCUT2D eigenvalue weighted by molar-refractivity contribution is 0.601. The normalized spacial score (nSPS) is 11.1. The van der Waals surface area contributed by atoms with Gasteiger partial charge in [0.15, 0.2) is 12.0 Å². The fourth-order valence-electron chi connectivity index (χ4n) is 1.62. The number of rotatable bonds is 6. The molecule has 2 aromatic rings. The summed E-state index contributed by atoms with van der Waals surface area (Å²) in [5.74, 6) is 0.941. The Morgan fingerprint density at radius 3 is 3.12 bits per heavy atom. The fraction of sp³-hybridized carbons (Fsp3) is 0.417. The number of fused-ring (bicyclic) bond motifs is 1. The highest BCUT2D eigenvalue weighted by Crippen LogP contribution is 2.14. The summed E-state index contributed by atoms with van der Waals surface area (Å²) in [4.78, 5) is 4.09. The van der Waals surface area contributed by atoms with Gasteiger partial charge in [-0.2, -0.15) is 12.6 Å². The van der Waals surface area contributed by atoms with E-state index in [1.54, 1.807) is 0 Å². The zero-order valence-electron chi connectivity index (χ0n) is 9.15. The number of hydrogen-bond acceptors (Lipinski definition) is 4. The van der Waals surface area contributed by atoms with Gasteiger partial charge < -0.3 is 9.73 Å². The highest BCUT2D eigenvalue weighted by molar-refractivity contribution is 7.80. The van der Waals surface area contributed by atoms with Crippen molar-refractivity contribution in [3.05, 3.63) is 30.2 Å². The molecule has 0 saturated carbocycles. The predicted octanol–water partition coefficient (Wildman–Crippen LogP) is 2.28. The van der Waals surface area contributed by atoms with Gasteiger partial charge in [0.05, 0.1) is 0 Å². The van der Waals surface area contributed by atoms with Gasteiger partial charge in [-0.3, -0.25) is 0 Å². The third-order valence-electron chi connectivity index (χ3n) is 2.50. The number of oxazole rings is 1. The van der Waals surface area contributed by atoms with Gasteiger partial charge in [0, 0.05) is 0 Å². The molecule has 3 nitrogen and oxygen atoms in total. The van der Waals surface area contributed by atoms with Crippen LogP contribution in [0.25, 0.3) is 11.1 Å². The van der Waals surface area contributed by atoms with Crippen molar-refractivity contribution in [2.24, 2.45) is 0 Å². The van der Waals surface area contributed by atoms with Crippen LogP contribution in [0.2, 0.25) is 0 Å². The second kappa shape index (κ2) is 5.92. The highest BCUT2D eigenvalue weighted by Gasteiger charge is 1.99. The Morgan fingerprint density at radius 1 is 1.31 bits per heavy atom. The summed E-state index contributed by atoms with van der Waals surface area (Å²) in [6.45, 7) is 2.03.